The number of halogens is 1. The third kappa shape index (κ3) is 1.55. The van der Waals surface area contributed by atoms with Gasteiger partial charge in [-0.15, -0.1) is 0 Å². The minimum Gasteiger partial charge on any atom is -0.387 e. The van der Waals surface area contributed by atoms with Crippen LogP contribution in [0.25, 0.3) is 10.9 Å². The number of aromatic amines is 1. The molecule has 1 fully saturated rings. The predicted molar refractivity (Wildman–Crippen MR) is 64.2 cm³/mol. The monoisotopic (exact) mass is 281 g/mol. The Morgan fingerprint density at radius 2 is 2.31 bits per heavy atom. The Kier molecular flexibility index (Phi) is 2.26. The third-order valence-electron chi connectivity index (χ3n) is 2.93. The number of aliphatic hydroxyl groups excluding tert-OH is 1. The van der Waals surface area contributed by atoms with Gasteiger partial charge in [-0.1, -0.05) is 0 Å². The summed E-state index contributed by atoms with van der Waals surface area (Å²) in [5.41, 5.74) is 2.50. The van der Waals surface area contributed by atoms with Crippen molar-refractivity contribution >= 4 is 26.8 Å². The van der Waals surface area contributed by atoms with Gasteiger partial charge >= 0.3 is 0 Å². The Morgan fingerprint density at radius 3 is 2.94 bits per heavy atom. The van der Waals surface area contributed by atoms with Gasteiger partial charge in [0.15, 0.2) is 0 Å². The molecule has 16 heavy (non-hydrogen) atoms. The molecule has 0 spiro atoms. The molecule has 0 aliphatic heterocycles. The number of H-pyrrole nitrogens is 1. The topological polar surface area (TPSA) is 61.8 Å². The normalized spacial score (nSPS) is 17.9. The highest BCUT2D eigenvalue weighted by Gasteiger charge is 2.27. The Labute approximate surface area is 101 Å². The van der Waals surface area contributed by atoms with Crippen LogP contribution in [0, 0.1) is 0 Å². The number of nitrogens with zero attached hydrogens (tertiary/aromatic N) is 2. The second-order valence-electron chi connectivity index (χ2n) is 4.32. The number of aliphatic hydroxyl groups is 1. The van der Waals surface area contributed by atoms with Crippen LogP contribution in [0.4, 0.5) is 0 Å². The maximum Gasteiger partial charge on any atom is 0.117 e. The van der Waals surface area contributed by atoms with Gasteiger partial charge in [0.25, 0.3) is 0 Å². The molecule has 0 radical (unpaired) electrons. The maximum absolute atomic E-state index is 9.73. The summed E-state index contributed by atoms with van der Waals surface area (Å²) in [5.74, 6) is 0.573. The molecule has 0 aromatic carbocycles. The first-order valence-electron chi connectivity index (χ1n) is 5.39. The molecule has 3 rings (SSSR count). The number of hydrogen-bond acceptors (Lipinski definition) is 3. The molecule has 1 aliphatic carbocycles. The van der Waals surface area contributed by atoms with E-state index in [9.17, 15) is 5.11 Å². The molecule has 0 saturated heterocycles. The lowest BCUT2D eigenvalue weighted by Crippen LogP contribution is -2.00. The van der Waals surface area contributed by atoms with Crippen molar-refractivity contribution in [2.24, 2.45) is 0 Å². The molecule has 2 aromatic rings. The Bertz CT molecular complexity index is 545. The zero-order valence-electron chi connectivity index (χ0n) is 8.87. The summed E-state index contributed by atoms with van der Waals surface area (Å²) < 4.78 is 0.855. The quantitative estimate of drug-likeness (QED) is 0.890. The lowest BCUT2D eigenvalue weighted by atomic mass is 10.1. The summed E-state index contributed by atoms with van der Waals surface area (Å²) in [5, 5.41) is 17.8. The molecule has 1 saturated carbocycles. The molecule has 2 heterocycles. The van der Waals surface area contributed by atoms with Gasteiger partial charge in [0.1, 0.15) is 10.1 Å². The molecular weight excluding hydrogens is 270 g/mol. The molecule has 0 amide bonds. The van der Waals surface area contributed by atoms with Crippen molar-refractivity contribution in [2.75, 3.05) is 0 Å². The molecule has 1 aliphatic rings. The Morgan fingerprint density at radius 1 is 1.56 bits per heavy atom. The molecule has 2 N–H and O–H groups in total. The summed E-state index contributed by atoms with van der Waals surface area (Å²) in [6.45, 7) is 1.72. The molecule has 84 valence electrons. The zero-order chi connectivity index (χ0) is 11.3. The molecule has 1 unspecified atom stereocenters. The van der Waals surface area contributed by atoms with Crippen molar-refractivity contribution in [3.05, 3.63) is 22.1 Å². The molecule has 2 aromatic heterocycles. The van der Waals surface area contributed by atoms with E-state index >= 15 is 0 Å². The fourth-order valence-electron chi connectivity index (χ4n) is 1.91. The SMILES string of the molecule is CC(O)c1nc(C2CC2)cc2c(Br)[nH]nc12. The van der Waals surface area contributed by atoms with Gasteiger partial charge in [-0.2, -0.15) is 5.10 Å². The van der Waals surface area contributed by atoms with Gasteiger partial charge in [-0.05, 0) is 41.8 Å². The van der Waals surface area contributed by atoms with Crippen molar-refractivity contribution in [1.29, 1.82) is 0 Å². The molecule has 0 bridgehead atoms. The average Bonchev–Trinajstić information content (AvgIpc) is 3.03. The van der Waals surface area contributed by atoms with Gasteiger partial charge in [0.2, 0.25) is 0 Å². The molecular formula is C11H12BrN3O. The van der Waals surface area contributed by atoms with E-state index in [1.807, 2.05) is 0 Å². The second-order valence-corrected chi connectivity index (χ2v) is 5.11. The number of aromatic nitrogens is 3. The van der Waals surface area contributed by atoms with Crippen molar-refractivity contribution in [3.63, 3.8) is 0 Å². The Balaban J connectivity index is 2.27. The van der Waals surface area contributed by atoms with Crippen LogP contribution < -0.4 is 0 Å². The van der Waals surface area contributed by atoms with Crippen LogP contribution in [0.5, 0.6) is 0 Å². The van der Waals surface area contributed by atoms with Crippen LogP contribution in [0.15, 0.2) is 10.7 Å². The third-order valence-corrected chi connectivity index (χ3v) is 3.54. The lowest BCUT2D eigenvalue weighted by Gasteiger charge is -2.07. The molecule has 1 atom stereocenters. The first-order valence-corrected chi connectivity index (χ1v) is 6.18. The lowest BCUT2D eigenvalue weighted by molar-refractivity contribution is 0.195. The van der Waals surface area contributed by atoms with E-state index in [1.165, 1.54) is 12.8 Å². The maximum atomic E-state index is 9.73. The van der Waals surface area contributed by atoms with E-state index in [2.05, 4.69) is 37.2 Å². The number of pyridine rings is 1. The standard InChI is InChI=1S/C11H12BrN3O/c1-5(16)9-10-7(11(12)15-14-10)4-8(13-9)6-2-3-6/h4-6,16H,2-3H2,1H3,(H,14,15). The largest absolute Gasteiger partial charge is 0.387 e. The highest BCUT2D eigenvalue weighted by Crippen LogP contribution is 2.41. The molecule has 4 nitrogen and oxygen atoms in total. The number of rotatable bonds is 2. The van der Waals surface area contributed by atoms with E-state index in [-0.39, 0.29) is 0 Å². The van der Waals surface area contributed by atoms with Gasteiger partial charge < -0.3 is 5.11 Å². The van der Waals surface area contributed by atoms with Crippen LogP contribution in [0.2, 0.25) is 0 Å². The average molecular weight is 282 g/mol. The first-order chi connectivity index (χ1) is 7.66. The van der Waals surface area contributed by atoms with E-state index in [0.29, 0.717) is 11.6 Å². The van der Waals surface area contributed by atoms with E-state index in [4.69, 9.17) is 0 Å². The number of fused-ring (bicyclic) bond motifs is 1. The highest BCUT2D eigenvalue weighted by atomic mass is 79.9. The summed E-state index contributed by atoms with van der Waals surface area (Å²) >= 11 is 3.43. The van der Waals surface area contributed by atoms with Crippen molar-refractivity contribution in [1.82, 2.24) is 15.2 Å². The van der Waals surface area contributed by atoms with E-state index in [1.54, 1.807) is 6.92 Å². The minimum atomic E-state index is -0.587. The zero-order valence-corrected chi connectivity index (χ0v) is 10.5. The number of hydrogen-bond donors (Lipinski definition) is 2. The Hall–Kier alpha value is -0.940. The molecule has 5 heteroatoms. The fraction of sp³-hybridized carbons (Fsp3) is 0.455. The van der Waals surface area contributed by atoms with Gasteiger partial charge in [0, 0.05) is 17.0 Å². The van der Waals surface area contributed by atoms with Crippen LogP contribution in [-0.4, -0.2) is 20.3 Å². The smallest absolute Gasteiger partial charge is 0.117 e. The van der Waals surface area contributed by atoms with Crippen LogP contribution in [-0.2, 0) is 0 Å². The summed E-state index contributed by atoms with van der Waals surface area (Å²) in [6, 6.07) is 2.06. The minimum absolute atomic E-state index is 0.573. The van der Waals surface area contributed by atoms with Gasteiger partial charge in [-0.25, -0.2) is 0 Å². The van der Waals surface area contributed by atoms with Crippen molar-refractivity contribution in [2.45, 2.75) is 31.8 Å². The number of nitrogens with one attached hydrogen (secondary N) is 1. The van der Waals surface area contributed by atoms with Crippen molar-refractivity contribution in [3.8, 4) is 0 Å². The highest BCUT2D eigenvalue weighted by molar-refractivity contribution is 9.10. The van der Waals surface area contributed by atoms with Crippen LogP contribution >= 0.6 is 15.9 Å². The van der Waals surface area contributed by atoms with Gasteiger partial charge in [0.05, 0.1) is 11.8 Å². The first kappa shape index (κ1) is 10.2. The summed E-state index contributed by atoms with van der Waals surface area (Å²) in [7, 11) is 0. The van der Waals surface area contributed by atoms with Crippen LogP contribution in [0.1, 0.15) is 43.2 Å². The van der Waals surface area contributed by atoms with Gasteiger partial charge in [-0.3, -0.25) is 10.1 Å². The van der Waals surface area contributed by atoms with Crippen molar-refractivity contribution < 1.29 is 5.11 Å². The predicted octanol–water partition coefficient (Wildman–Crippen LogP) is 2.65. The van der Waals surface area contributed by atoms with E-state index < -0.39 is 6.10 Å². The second kappa shape index (κ2) is 3.53. The summed E-state index contributed by atoms with van der Waals surface area (Å²) in [6.07, 6.45) is 1.82. The van der Waals surface area contributed by atoms with E-state index in [0.717, 1.165) is 21.2 Å². The van der Waals surface area contributed by atoms with Crippen LogP contribution in [0.3, 0.4) is 0 Å². The fourth-order valence-corrected chi connectivity index (χ4v) is 2.30. The summed E-state index contributed by atoms with van der Waals surface area (Å²) in [4.78, 5) is 4.52.